The van der Waals surface area contributed by atoms with Gasteiger partial charge in [0.1, 0.15) is 0 Å². The van der Waals surface area contributed by atoms with E-state index in [1.54, 1.807) is 0 Å². The van der Waals surface area contributed by atoms with Gasteiger partial charge in [-0.15, -0.1) is 18.3 Å². The van der Waals surface area contributed by atoms with Gasteiger partial charge in [0, 0.05) is 16.2 Å². The molecule has 1 rings (SSSR count). The average Bonchev–Trinajstić information content (AvgIpc) is 2.28. The van der Waals surface area contributed by atoms with Crippen molar-refractivity contribution in [3.63, 3.8) is 0 Å². The van der Waals surface area contributed by atoms with Crippen LogP contribution in [-0.2, 0) is 0 Å². The number of hydrogen-bond donors (Lipinski definition) is 1. The van der Waals surface area contributed by atoms with E-state index in [4.69, 9.17) is 5.11 Å². The van der Waals surface area contributed by atoms with Crippen molar-refractivity contribution >= 4 is 11.8 Å². The summed E-state index contributed by atoms with van der Waals surface area (Å²) in [6.07, 6.45) is 4.81. The maximum absolute atomic E-state index is 9.14. The molecule has 0 heterocycles. The highest BCUT2D eigenvalue weighted by molar-refractivity contribution is 8.00. The largest absolute Gasteiger partial charge is 0.396 e. The standard InChI is InChI=1S/C14H20OS/c1-3-4-10-14(2,11-12-15)16-13-8-6-5-7-9-13/h3,5-9,15H,1,4,10-12H2,2H3. The lowest BCUT2D eigenvalue weighted by molar-refractivity contribution is 0.268. The number of aliphatic hydroxyl groups excluding tert-OH is 1. The first-order valence-electron chi connectivity index (χ1n) is 5.66. The van der Waals surface area contributed by atoms with E-state index in [1.165, 1.54) is 4.90 Å². The summed E-state index contributed by atoms with van der Waals surface area (Å²) in [5, 5.41) is 9.14. The van der Waals surface area contributed by atoms with Crippen molar-refractivity contribution in [3.05, 3.63) is 43.0 Å². The number of aliphatic hydroxyl groups is 1. The lowest BCUT2D eigenvalue weighted by Gasteiger charge is -2.28. The van der Waals surface area contributed by atoms with E-state index in [2.05, 4.69) is 37.8 Å². The summed E-state index contributed by atoms with van der Waals surface area (Å²) in [6, 6.07) is 10.4. The van der Waals surface area contributed by atoms with Crippen molar-refractivity contribution in [2.24, 2.45) is 0 Å². The summed E-state index contributed by atoms with van der Waals surface area (Å²) in [6.45, 7) is 6.22. The van der Waals surface area contributed by atoms with Crippen LogP contribution < -0.4 is 0 Å². The molecule has 16 heavy (non-hydrogen) atoms. The van der Waals surface area contributed by atoms with E-state index < -0.39 is 0 Å². The third-order valence-electron chi connectivity index (χ3n) is 2.63. The minimum Gasteiger partial charge on any atom is -0.396 e. The Bertz CT molecular complexity index is 310. The molecule has 0 aliphatic carbocycles. The molecule has 1 nitrogen and oxygen atoms in total. The van der Waals surface area contributed by atoms with Gasteiger partial charge in [0.2, 0.25) is 0 Å². The Balaban J connectivity index is 2.66. The fourth-order valence-electron chi connectivity index (χ4n) is 1.64. The Morgan fingerprint density at radius 3 is 2.56 bits per heavy atom. The molecule has 0 saturated carbocycles. The zero-order valence-electron chi connectivity index (χ0n) is 9.86. The molecule has 1 aromatic rings. The minimum atomic E-state index is 0.101. The van der Waals surface area contributed by atoms with Gasteiger partial charge in [-0.3, -0.25) is 0 Å². The van der Waals surface area contributed by atoms with Crippen molar-refractivity contribution in [2.75, 3.05) is 6.61 Å². The highest BCUT2D eigenvalue weighted by atomic mass is 32.2. The monoisotopic (exact) mass is 236 g/mol. The highest BCUT2D eigenvalue weighted by Gasteiger charge is 2.24. The van der Waals surface area contributed by atoms with Gasteiger partial charge in [-0.25, -0.2) is 0 Å². The molecule has 0 saturated heterocycles. The first-order valence-corrected chi connectivity index (χ1v) is 6.48. The first kappa shape index (κ1) is 13.3. The van der Waals surface area contributed by atoms with E-state index in [0.717, 1.165) is 19.3 Å². The Morgan fingerprint density at radius 1 is 1.31 bits per heavy atom. The van der Waals surface area contributed by atoms with Crippen LogP contribution >= 0.6 is 11.8 Å². The van der Waals surface area contributed by atoms with Crippen LogP contribution in [-0.4, -0.2) is 16.5 Å². The van der Waals surface area contributed by atoms with Crippen LogP contribution in [0.4, 0.5) is 0 Å². The average molecular weight is 236 g/mol. The molecular formula is C14H20OS. The van der Waals surface area contributed by atoms with Gasteiger partial charge in [-0.2, -0.15) is 0 Å². The summed E-state index contributed by atoms with van der Waals surface area (Å²) < 4.78 is 0.101. The summed E-state index contributed by atoms with van der Waals surface area (Å²) >= 11 is 1.85. The topological polar surface area (TPSA) is 20.2 Å². The molecule has 0 aliphatic heterocycles. The molecule has 0 radical (unpaired) electrons. The molecule has 0 spiro atoms. The zero-order chi connectivity index (χ0) is 11.9. The Kier molecular flexibility index (Phi) is 5.64. The fraction of sp³-hybridized carbons (Fsp3) is 0.429. The lowest BCUT2D eigenvalue weighted by atomic mass is 10.0. The third kappa shape index (κ3) is 4.42. The van der Waals surface area contributed by atoms with Gasteiger partial charge in [0.15, 0.2) is 0 Å². The summed E-state index contributed by atoms with van der Waals surface area (Å²) in [4.78, 5) is 1.27. The van der Waals surface area contributed by atoms with E-state index >= 15 is 0 Å². The molecule has 0 aliphatic rings. The van der Waals surface area contributed by atoms with Crippen molar-refractivity contribution in [1.29, 1.82) is 0 Å². The third-order valence-corrected chi connectivity index (χ3v) is 4.03. The van der Waals surface area contributed by atoms with Crippen molar-refractivity contribution in [2.45, 2.75) is 35.8 Å². The molecule has 0 amide bonds. The van der Waals surface area contributed by atoms with Gasteiger partial charge >= 0.3 is 0 Å². The number of rotatable bonds is 7. The maximum Gasteiger partial charge on any atom is 0.0444 e. The van der Waals surface area contributed by atoms with E-state index in [-0.39, 0.29) is 11.4 Å². The predicted molar refractivity (Wildman–Crippen MR) is 71.8 cm³/mol. The molecule has 1 aromatic carbocycles. The quantitative estimate of drug-likeness (QED) is 0.572. The van der Waals surface area contributed by atoms with Crippen molar-refractivity contribution in [1.82, 2.24) is 0 Å². The molecule has 0 bridgehead atoms. The highest BCUT2D eigenvalue weighted by Crippen LogP contribution is 2.38. The van der Waals surface area contributed by atoms with Crippen LogP contribution in [0.2, 0.25) is 0 Å². The Morgan fingerprint density at radius 2 is 2.00 bits per heavy atom. The van der Waals surface area contributed by atoms with E-state index in [0.29, 0.717) is 0 Å². The first-order chi connectivity index (χ1) is 7.70. The van der Waals surface area contributed by atoms with Gasteiger partial charge < -0.3 is 5.11 Å². The predicted octanol–water partition coefficient (Wildman–Crippen LogP) is 3.89. The molecule has 1 atom stereocenters. The second kappa shape index (κ2) is 6.77. The number of thioether (sulfide) groups is 1. The smallest absolute Gasteiger partial charge is 0.0444 e. The van der Waals surface area contributed by atoms with Crippen LogP contribution in [0.3, 0.4) is 0 Å². The number of allylic oxidation sites excluding steroid dienone is 1. The molecule has 0 fully saturated rings. The van der Waals surface area contributed by atoms with Gasteiger partial charge in [-0.05, 0) is 38.3 Å². The van der Waals surface area contributed by atoms with Gasteiger partial charge in [-0.1, -0.05) is 24.3 Å². The summed E-state index contributed by atoms with van der Waals surface area (Å²) in [7, 11) is 0. The van der Waals surface area contributed by atoms with E-state index in [9.17, 15) is 0 Å². The second-order valence-electron chi connectivity index (χ2n) is 4.17. The van der Waals surface area contributed by atoms with E-state index in [1.807, 2.05) is 23.9 Å². The van der Waals surface area contributed by atoms with Gasteiger partial charge in [0.05, 0.1) is 0 Å². The minimum absolute atomic E-state index is 0.101. The van der Waals surface area contributed by atoms with Crippen LogP contribution in [0, 0.1) is 0 Å². The van der Waals surface area contributed by atoms with Crippen molar-refractivity contribution < 1.29 is 5.11 Å². The molecule has 2 heteroatoms. The fourth-order valence-corrected chi connectivity index (χ4v) is 2.92. The van der Waals surface area contributed by atoms with Crippen molar-refractivity contribution in [3.8, 4) is 0 Å². The van der Waals surface area contributed by atoms with Crippen LogP contribution in [0.1, 0.15) is 26.2 Å². The Labute approximate surface area is 103 Å². The zero-order valence-corrected chi connectivity index (χ0v) is 10.7. The Hall–Kier alpha value is -0.730. The molecule has 88 valence electrons. The maximum atomic E-state index is 9.14. The number of benzene rings is 1. The van der Waals surface area contributed by atoms with Crippen LogP contribution in [0.15, 0.2) is 47.9 Å². The SMILES string of the molecule is C=CCCC(C)(CCO)Sc1ccccc1. The second-order valence-corrected chi connectivity index (χ2v) is 5.83. The van der Waals surface area contributed by atoms with Crippen LogP contribution in [0.5, 0.6) is 0 Å². The normalized spacial score (nSPS) is 14.4. The summed E-state index contributed by atoms with van der Waals surface area (Å²) in [5.41, 5.74) is 0. The molecular weight excluding hydrogens is 216 g/mol. The number of hydrogen-bond acceptors (Lipinski definition) is 2. The molecule has 1 N–H and O–H groups in total. The van der Waals surface area contributed by atoms with Crippen LogP contribution in [0.25, 0.3) is 0 Å². The molecule has 0 aromatic heterocycles. The summed E-state index contributed by atoms with van der Waals surface area (Å²) in [5.74, 6) is 0. The lowest BCUT2D eigenvalue weighted by Crippen LogP contribution is -2.21. The van der Waals surface area contributed by atoms with Gasteiger partial charge in [0.25, 0.3) is 0 Å². The molecule has 1 unspecified atom stereocenters.